The predicted octanol–water partition coefficient (Wildman–Crippen LogP) is 5.84. The molecule has 1 N–H and O–H groups in total. The van der Waals surface area contributed by atoms with Crippen molar-refractivity contribution < 1.29 is 22.4 Å². The van der Waals surface area contributed by atoms with Gasteiger partial charge in [0.25, 0.3) is 10.0 Å². The third-order valence-electron chi connectivity index (χ3n) is 6.85. The van der Waals surface area contributed by atoms with E-state index in [4.69, 9.17) is 11.6 Å². The minimum Gasteiger partial charge on any atom is -0.354 e. The maximum atomic E-state index is 15.1. The van der Waals surface area contributed by atoms with Crippen molar-refractivity contribution in [2.45, 2.75) is 37.2 Å². The average molecular weight is 622 g/mol. The third kappa shape index (κ3) is 8.00. The van der Waals surface area contributed by atoms with Gasteiger partial charge < -0.3 is 10.2 Å². The maximum absolute atomic E-state index is 15.1. The molecule has 4 aromatic carbocycles. The van der Waals surface area contributed by atoms with Gasteiger partial charge in [0.15, 0.2) is 0 Å². The fourth-order valence-corrected chi connectivity index (χ4v) is 6.26. The number of halogens is 2. The minimum absolute atomic E-state index is 0.0773. The van der Waals surface area contributed by atoms with E-state index in [2.05, 4.69) is 5.32 Å². The summed E-state index contributed by atoms with van der Waals surface area (Å²) in [6, 6.07) is 28.0. The first-order chi connectivity index (χ1) is 20.7. The Bertz CT molecular complexity index is 1640. The van der Waals surface area contributed by atoms with Gasteiger partial charge in [-0.25, -0.2) is 12.8 Å². The highest BCUT2D eigenvalue weighted by Gasteiger charge is 2.35. The molecule has 10 heteroatoms. The standard InChI is InChI=1S/C33H33ClFN3O4S/c1-2-21-36-33(40)31(22-25-13-5-3-6-14-25)37(23-26-15-9-10-18-28(26)34)32(39)24-38(30-20-12-11-19-29(30)35)43(41,42)27-16-7-4-8-17-27/h3-20,31H,2,21-24H2,1H3,(H,36,40)/t31-/m1/s1. The second-order valence-corrected chi connectivity index (χ2v) is 12.2. The van der Waals surface area contributed by atoms with Crippen molar-refractivity contribution in [3.05, 3.63) is 131 Å². The number of carbonyl (C=O) groups is 2. The molecule has 0 spiro atoms. The molecule has 0 unspecified atom stereocenters. The molecular formula is C33H33ClFN3O4S. The van der Waals surface area contributed by atoms with Crippen LogP contribution in [0.4, 0.5) is 10.1 Å². The van der Waals surface area contributed by atoms with E-state index in [0.29, 0.717) is 23.6 Å². The molecule has 4 rings (SSSR count). The van der Waals surface area contributed by atoms with E-state index in [1.807, 2.05) is 37.3 Å². The van der Waals surface area contributed by atoms with Crippen molar-refractivity contribution in [1.82, 2.24) is 10.2 Å². The van der Waals surface area contributed by atoms with Crippen molar-refractivity contribution in [3.63, 3.8) is 0 Å². The zero-order valence-corrected chi connectivity index (χ0v) is 25.3. The Balaban J connectivity index is 1.81. The van der Waals surface area contributed by atoms with E-state index in [-0.39, 0.29) is 23.5 Å². The number of sulfonamides is 1. The molecule has 4 aromatic rings. The summed E-state index contributed by atoms with van der Waals surface area (Å²) >= 11 is 6.48. The van der Waals surface area contributed by atoms with Crippen molar-refractivity contribution in [2.75, 3.05) is 17.4 Å². The van der Waals surface area contributed by atoms with Gasteiger partial charge in [0, 0.05) is 24.5 Å². The number of hydrogen-bond donors (Lipinski definition) is 1. The molecule has 224 valence electrons. The quantitative estimate of drug-likeness (QED) is 0.203. The lowest BCUT2D eigenvalue weighted by molar-refractivity contribution is -0.140. The fraction of sp³-hybridized carbons (Fsp3) is 0.212. The van der Waals surface area contributed by atoms with Crippen LogP contribution in [0.2, 0.25) is 5.02 Å². The van der Waals surface area contributed by atoms with Crippen LogP contribution in [0.5, 0.6) is 0 Å². The van der Waals surface area contributed by atoms with Gasteiger partial charge in [0.2, 0.25) is 11.8 Å². The van der Waals surface area contributed by atoms with Crippen LogP contribution in [0, 0.1) is 5.82 Å². The van der Waals surface area contributed by atoms with Crippen LogP contribution in [0.1, 0.15) is 24.5 Å². The van der Waals surface area contributed by atoms with Crippen LogP contribution in [0.3, 0.4) is 0 Å². The Hall–Kier alpha value is -4.21. The average Bonchev–Trinajstić information content (AvgIpc) is 3.02. The molecule has 2 amide bonds. The normalized spacial score (nSPS) is 11.9. The first kappa shape index (κ1) is 31.7. The molecule has 0 aliphatic carbocycles. The number of para-hydroxylation sites is 1. The molecule has 0 radical (unpaired) electrons. The number of benzene rings is 4. The lowest BCUT2D eigenvalue weighted by atomic mass is 10.0. The zero-order valence-electron chi connectivity index (χ0n) is 23.7. The van der Waals surface area contributed by atoms with Gasteiger partial charge in [0.1, 0.15) is 18.4 Å². The molecule has 7 nitrogen and oxygen atoms in total. The van der Waals surface area contributed by atoms with Gasteiger partial charge in [-0.05, 0) is 47.9 Å². The van der Waals surface area contributed by atoms with Crippen molar-refractivity contribution in [1.29, 1.82) is 0 Å². The minimum atomic E-state index is -4.39. The van der Waals surface area contributed by atoms with Gasteiger partial charge in [-0.2, -0.15) is 0 Å². The van der Waals surface area contributed by atoms with Crippen molar-refractivity contribution >= 4 is 39.1 Å². The van der Waals surface area contributed by atoms with Crippen molar-refractivity contribution in [2.24, 2.45) is 0 Å². The molecule has 0 bridgehead atoms. The largest absolute Gasteiger partial charge is 0.354 e. The maximum Gasteiger partial charge on any atom is 0.264 e. The summed E-state index contributed by atoms with van der Waals surface area (Å²) in [7, 11) is -4.39. The van der Waals surface area contributed by atoms with E-state index < -0.39 is 40.2 Å². The first-order valence-electron chi connectivity index (χ1n) is 13.9. The summed E-state index contributed by atoms with van der Waals surface area (Å²) in [5, 5.41) is 3.27. The SMILES string of the molecule is CCCNC(=O)[C@@H](Cc1ccccc1)N(Cc1ccccc1Cl)C(=O)CN(c1ccccc1F)S(=O)(=O)c1ccccc1. The van der Waals surface area contributed by atoms with Gasteiger partial charge in [-0.1, -0.05) is 97.4 Å². The number of nitrogens with zero attached hydrogens (tertiary/aromatic N) is 2. The summed E-state index contributed by atoms with van der Waals surface area (Å²) < 4.78 is 43.7. The number of anilines is 1. The highest BCUT2D eigenvalue weighted by Crippen LogP contribution is 2.27. The van der Waals surface area contributed by atoms with Crippen LogP contribution >= 0.6 is 11.6 Å². The summed E-state index contributed by atoms with van der Waals surface area (Å²) in [6.45, 7) is 1.48. The number of nitrogens with one attached hydrogen (secondary N) is 1. The second kappa shape index (κ2) is 14.8. The zero-order chi connectivity index (χ0) is 30.8. The molecule has 0 aromatic heterocycles. The number of rotatable bonds is 13. The molecule has 0 saturated heterocycles. The first-order valence-corrected chi connectivity index (χ1v) is 15.7. The molecule has 0 aliphatic rings. The lowest BCUT2D eigenvalue weighted by Gasteiger charge is -2.34. The Morgan fingerprint density at radius 1 is 0.860 bits per heavy atom. The highest BCUT2D eigenvalue weighted by molar-refractivity contribution is 7.92. The van der Waals surface area contributed by atoms with Gasteiger partial charge >= 0.3 is 0 Å². The van der Waals surface area contributed by atoms with E-state index >= 15 is 4.39 Å². The Morgan fingerprint density at radius 2 is 1.47 bits per heavy atom. The summed E-state index contributed by atoms with van der Waals surface area (Å²) in [5.74, 6) is -1.90. The van der Waals surface area contributed by atoms with Crippen molar-refractivity contribution in [3.8, 4) is 0 Å². The van der Waals surface area contributed by atoms with E-state index in [0.717, 1.165) is 15.9 Å². The summed E-state index contributed by atoms with van der Waals surface area (Å²) in [5.41, 5.74) is 1.09. The lowest BCUT2D eigenvalue weighted by Crippen LogP contribution is -2.53. The fourth-order valence-electron chi connectivity index (χ4n) is 4.62. The van der Waals surface area contributed by atoms with Gasteiger partial charge in [-0.3, -0.25) is 13.9 Å². The predicted molar refractivity (Wildman–Crippen MR) is 167 cm³/mol. The summed E-state index contributed by atoms with van der Waals surface area (Å²) in [4.78, 5) is 29.2. The highest BCUT2D eigenvalue weighted by atomic mass is 35.5. The molecule has 0 saturated carbocycles. The number of carbonyl (C=O) groups excluding carboxylic acids is 2. The molecule has 0 heterocycles. The molecular weight excluding hydrogens is 589 g/mol. The molecule has 0 fully saturated rings. The second-order valence-electron chi connectivity index (χ2n) is 9.89. The monoisotopic (exact) mass is 621 g/mol. The number of amides is 2. The van der Waals surface area contributed by atoms with E-state index in [1.165, 1.54) is 35.2 Å². The topological polar surface area (TPSA) is 86.8 Å². The van der Waals surface area contributed by atoms with Gasteiger partial charge in [-0.15, -0.1) is 0 Å². The van der Waals surface area contributed by atoms with Crippen LogP contribution in [0.15, 0.2) is 114 Å². The molecule has 43 heavy (non-hydrogen) atoms. The number of hydrogen-bond acceptors (Lipinski definition) is 4. The summed E-state index contributed by atoms with van der Waals surface area (Å²) in [6.07, 6.45) is 0.844. The Labute approximate surface area is 257 Å². The Kier molecular flexibility index (Phi) is 10.9. The smallest absolute Gasteiger partial charge is 0.264 e. The van der Waals surface area contributed by atoms with Crippen LogP contribution in [-0.4, -0.2) is 44.3 Å². The van der Waals surface area contributed by atoms with Crippen LogP contribution < -0.4 is 9.62 Å². The third-order valence-corrected chi connectivity index (χ3v) is 8.99. The Morgan fingerprint density at radius 3 is 2.12 bits per heavy atom. The van der Waals surface area contributed by atoms with Crippen LogP contribution in [0.25, 0.3) is 0 Å². The van der Waals surface area contributed by atoms with Crippen LogP contribution in [-0.2, 0) is 32.6 Å². The molecule has 0 aliphatic heterocycles. The van der Waals surface area contributed by atoms with E-state index in [1.54, 1.807) is 42.5 Å². The van der Waals surface area contributed by atoms with Gasteiger partial charge in [0.05, 0.1) is 10.6 Å². The molecule has 1 atom stereocenters. The van der Waals surface area contributed by atoms with E-state index in [9.17, 15) is 18.0 Å².